The van der Waals surface area contributed by atoms with Crippen molar-refractivity contribution in [1.82, 2.24) is 0 Å². The third-order valence-electron chi connectivity index (χ3n) is 4.21. The molecular weight excluding hydrogens is 334 g/mol. The Morgan fingerprint density at radius 3 is 1.30 bits per heavy atom. The van der Waals surface area contributed by atoms with Crippen molar-refractivity contribution in [2.45, 2.75) is 85.0 Å². The first-order chi connectivity index (χ1) is 9.24. The predicted molar refractivity (Wildman–Crippen MR) is 91.8 cm³/mol. The minimum absolute atomic E-state index is 0. The standard InChI is InChI=1S/C17H37BrN.ClH/c1-4-7-10-13-16-19(17-18,14-11-8-5-2)15-12-9-6-3;/h4-17H2,1-3H3;1H/q+1;/p-1. The maximum absolute atomic E-state index is 3.82. The van der Waals surface area contributed by atoms with Gasteiger partial charge in [-0.15, -0.1) is 0 Å². The Morgan fingerprint density at radius 1 is 0.600 bits per heavy atom. The van der Waals surface area contributed by atoms with E-state index in [0.717, 1.165) is 5.45 Å². The van der Waals surface area contributed by atoms with E-state index in [-0.39, 0.29) is 12.4 Å². The van der Waals surface area contributed by atoms with Crippen molar-refractivity contribution in [1.29, 1.82) is 0 Å². The van der Waals surface area contributed by atoms with Crippen LogP contribution in [-0.2, 0) is 0 Å². The largest absolute Gasteiger partial charge is 1.00 e. The lowest BCUT2D eigenvalue weighted by molar-refractivity contribution is -0.916. The maximum Gasteiger partial charge on any atom is 0.134 e. The molecule has 0 aromatic carbocycles. The summed E-state index contributed by atoms with van der Waals surface area (Å²) < 4.78 is 1.32. The Hall–Kier alpha value is 0.730. The van der Waals surface area contributed by atoms with Crippen molar-refractivity contribution in [2.75, 3.05) is 25.1 Å². The zero-order valence-corrected chi connectivity index (χ0v) is 16.4. The quantitative estimate of drug-likeness (QED) is 0.191. The number of quaternary nitrogens is 1. The highest BCUT2D eigenvalue weighted by molar-refractivity contribution is 9.09. The molecule has 124 valence electrons. The van der Waals surface area contributed by atoms with Gasteiger partial charge in [0.2, 0.25) is 0 Å². The third-order valence-corrected chi connectivity index (χ3v) is 5.28. The minimum Gasteiger partial charge on any atom is -1.00 e. The molecule has 0 aliphatic heterocycles. The lowest BCUT2D eigenvalue weighted by Crippen LogP contribution is -3.00. The van der Waals surface area contributed by atoms with Crippen LogP contribution in [0.5, 0.6) is 0 Å². The van der Waals surface area contributed by atoms with E-state index in [1.807, 2.05) is 0 Å². The Labute approximate surface area is 143 Å². The van der Waals surface area contributed by atoms with Crippen LogP contribution in [0.4, 0.5) is 0 Å². The van der Waals surface area contributed by atoms with Crippen LogP contribution in [0.1, 0.15) is 85.0 Å². The smallest absolute Gasteiger partial charge is 0.134 e. The number of unbranched alkanes of at least 4 members (excludes halogenated alkanes) is 7. The van der Waals surface area contributed by atoms with Gasteiger partial charge in [0, 0.05) is 0 Å². The number of alkyl halides is 1. The number of rotatable bonds is 14. The summed E-state index contributed by atoms with van der Waals surface area (Å²) in [7, 11) is 0. The summed E-state index contributed by atoms with van der Waals surface area (Å²) in [5.41, 5.74) is 1.16. The highest BCUT2D eigenvalue weighted by atomic mass is 79.9. The summed E-state index contributed by atoms with van der Waals surface area (Å²) in [6.07, 6.45) is 13.9. The van der Waals surface area contributed by atoms with Gasteiger partial charge in [-0.3, -0.25) is 0 Å². The SMILES string of the molecule is CCCCCC[N+](CBr)(CCCCC)CCCCC.[Cl-]. The highest BCUT2D eigenvalue weighted by Gasteiger charge is 2.24. The fraction of sp³-hybridized carbons (Fsp3) is 1.00. The van der Waals surface area contributed by atoms with Gasteiger partial charge in [-0.2, -0.15) is 0 Å². The average Bonchev–Trinajstić information content (AvgIpc) is 2.43. The van der Waals surface area contributed by atoms with Crippen LogP contribution in [-0.4, -0.2) is 29.6 Å². The Kier molecular flexibility index (Phi) is 18.5. The van der Waals surface area contributed by atoms with E-state index >= 15 is 0 Å². The second-order valence-corrected chi connectivity index (χ2v) is 6.61. The van der Waals surface area contributed by atoms with E-state index in [9.17, 15) is 0 Å². The molecule has 0 saturated carbocycles. The van der Waals surface area contributed by atoms with Crippen LogP contribution in [0.3, 0.4) is 0 Å². The van der Waals surface area contributed by atoms with Crippen molar-refractivity contribution in [3.8, 4) is 0 Å². The van der Waals surface area contributed by atoms with Crippen molar-refractivity contribution in [2.24, 2.45) is 0 Å². The first-order valence-corrected chi connectivity index (χ1v) is 9.77. The predicted octanol–water partition coefficient (Wildman–Crippen LogP) is 3.12. The molecule has 0 saturated heterocycles. The van der Waals surface area contributed by atoms with Gasteiger partial charge in [0.15, 0.2) is 0 Å². The number of hydrogen-bond acceptors (Lipinski definition) is 0. The van der Waals surface area contributed by atoms with Gasteiger partial charge >= 0.3 is 0 Å². The van der Waals surface area contributed by atoms with Gasteiger partial charge in [-0.05, 0) is 54.5 Å². The molecule has 0 aromatic rings. The van der Waals surface area contributed by atoms with Crippen LogP contribution < -0.4 is 12.4 Å². The van der Waals surface area contributed by atoms with Crippen LogP contribution in [0.15, 0.2) is 0 Å². The summed E-state index contributed by atoms with van der Waals surface area (Å²) >= 11 is 3.82. The zero-order chi connectivity index (χ0) is 14.4. The summed E-state index contributed by atoms with van der Waals surface area (Å²) in [6.45, 7) is 11.1. The first kappa shape index (κ1) is 23.0. The number of nitrogens with zero attached hydrogens (tertiary/aromatic N) is 1. The van der Waals surface area contributed by atoms with Gasteiger partial charge in [0.1, 0.15) is 5.45 Å². The summed E-state index contributed by atoms with van der Waals surface area (Å²) in [6, 6.07) is 0. The molecule has 0 spiro atoms. The van der Waals surface area contributed by atoms with E-state index in [4.69, 9.17) is 0 Å². The van der Waals surface area contributed by atoms with Crippen LogP contribution in [0.2, 0.25) is 0 Å². The van der Waals surface area contributed by atoms with E-state index in [0.29, 0.717) is 0 Å². The molecule has 0 N–H and O–H groups in total. The van der Waals surface area contributed by atoms with Gasteiger partial charge in [-0.1, -0.05) is 46.5 Å². The third kappa shape index (κ3) is 11.4. The molecule has 0 rings (SSSR count). The lowest BCUT2D eigenvalue weighted by atomic mass is 10.1. The monoisotopic (exact) mass is 369 g/mol. The molecule has 0 atom stereocenters. The van der Waals surface area contributed by atoms with E-state index in [1.165, 1.54) is 88.3 Å². The average molecular weight is 371 g/mol. The zero-order valence-electron chi connectivity index (χ0n) is 14.1. The molecule has 20 heavy (non-hydrogen) atoms. The fourth-order valence-electron chi connectivity index (χ4n) is 2.78. The molecule has 3 heteroatoms. The lowest BCUT2D eigenvalue weighted by Gasteiger charge is -2.37. The molecule has 0 heterocycles. The van der Waals surface area contributed by atoms with Gasteiger partial charge in [-0.25, -0.2) is 0 Å². The number of halogens is 2. The van der Waals surface area contributed by atoms with E-state index in [2.05, 4.69) is 36.7 Å². The summed E-state index contributed by atoms with van der Waals surface area (Å²) in [5, 5.41) is 0. The van der Waals surface area contributed by atoms with Crippen molar-refractivity contribution in [3.05, 3.63) is 0 Å². The molecule has 0 radical (unpaired) electrons. The van der Waals surface area contributed by atoms with Gasteiger partial charge in [0.25, 0.3) is 0 Å². The fourth-order valence-corrected chi connectivity index (χ4v) is 3.54. The van der Waals surface area contributed by atoms with Crippen LogP contribution in [0, 0.1) is 0 Å². The first-order valence-electron chi connectivity index (χ1n) is 8.65. The van der Waals surface area contributed by atoms with Gasteiger partial charge < -0.3 is 16.9 Å². The molecule has 0 amide bonds. The molecule has 0 aromatic heterocycles. The molecular formula is C17H37BrClN. The Bertz CT molecular complexity index is 178. The van der Waals surface area contributed by atoms with Crippen molar-refractivity contribution in [3.63, 3.8) is 0 Å². The Morgan fingerprint density at radius 2 is 0.950 bits per heavy atom. The molecule has 0 aliphatic rings. The normalized spacial score (nSPS) is 11.4. The molecule has 0 fully saturated rings. The number of hydrogen-bond donors (Lipinski definition) is 0. The van der Waals surface area contributed by atoms with Gasteiger partial charge in [0.05, 0.1) is 19.6 Å². The molecule has 1 nitrogen and oxygen atoms in total. The van der Waals surface area contributed by atoms with Crippen molar-refractivity contribution < 1.29 is 16.9 Å². The second-order valence-electron chi connectivity index (χ2n) is 6.11. The molecule has 0 aliphatic carbocycles. The van der Waals surface area contributed by atoms with Crippen molar-refractivity contribution >= 4 is 15.9 Å². The van der Waals surface area contributed by atoms with E-state index in [1.54, 1.807) is 0 Å². The summed E-state index contributed by atoms with van der Waals surface area (Å²) in [5.74, 6) is 0. The maximum atomic E-state index is 3.82. The highest BCUT2D eigenvalue weighted by Crippen LogP contribution is 2.18. The minimum atomic E-state index is 0. The van der Waals surface area contributed by atoms with Crippen LogP contribution >= 0.6 is 15.9 Å². The topological polar surface area (TPSA) is 0 Å². The Balaban J connectivity index is 0. The second kappa shape index (κ2) is 16.1. The molecule has 0 unspecified atom stereocenters. The summed E-state index contributed by atoms with van der Waals surface area (Å²) in [4.78, 5) is 0. The van der Waals surface area contributed by atoms with Crippen LogP contribution in [0.25, 0.3) is 0 Å². The molecule has 0 bridgehead atoms. The van der Waals surface area contributed by atoms with E-state index < -0.39 is 0 Å².